The third-order valence-electron chi connectivity index (χ3n) is 3.86. The molecule has 0 fully saturated rings. The van der Waals surface area contributed by atoms with Gasteiger partial charge in [-0.1, -0.05) is 0 Å². The second-order valence-corrected chi connectivity index (χ2v) is 6.40. The van der Waals surface area contributed by atoms with E-state index in [1.54, 1.807) is 11.3 Å². The highest BCUT2D eigenvalue weighted by atomic mass is 32.1. The van der Waals surface area contributed by atoms with Crippen molar-refractivity contribution in [3.8, 4) is 0 Å². The number of aryl methyl sites for hydroxylation is 2. The third kappa shape index (κ3) is 2.87. The van der Waals surface area contributed by atoms with E-state index in [4.69, 9.17) is 0 Å². The van der Waals surface area contributed by atoms with Crippen molar-refractivity contribution in [2.45, 2.75) is 32.9 Å². The molecule has 1 aliphatic heterocycles. The van der Waals surface area contributed by atoms with Crippen molar-refractivity contribution in [1.82, 2.24) is 19.4 Å². The average molecular weight is 276 g/mol. The second kappa shape index (κ2) is 5.43. The predicted molar refractivity (Wildman–Crippen MR) is 77.2 cm³/mol. The molecule has 0 radical (unpaired) electrons. The van der Waals surface area contributed by atoms with Gasteiger partial charge < -0.3 is 9.47 Å². The Morgan fingerprint density at radius 2 is 2.37 bits per heavy atom. The van der Waals surface area contributed by atoms with Gasteiger partial charge in [-0.2, -0.15) is 0 Å². The molecule has 1 aliphatic rings. The molecular formula is C14H20N4S. The Bertz CT molecular complexity index is 545. The van der Waals surface area contributed by atoms with Crippen molar-refractivity contribution in [2.24, 2.45) is 5.92 Å². The van der Waals surface area contributed by atoms with Crippen LogP contribution >= 0.6 is 11.3 Å². The van der Waals surface area contributed by atoms with Gasteiger partial charge in [0, 0.05) is 43.3 Å². The number of imidazole rings is 1. The maximum atomic E-state index is 4.39. The lowest BCUT2D eigenvalue weighted by Crippen LogP contribution is -2.31. The number of thiazole rings is 1. The van der Waals surface area contributed by atoms with E-state index in [2.05, 4.69) is 39.6 Å². The van der Waals surface area contributed by atoms with Crippen LogP contribution < -0.4 is 0 Å². The summed E-state index contributed by atoms with van der Waals surface area (Å²) in [6, 6.07) is 0. The molecule has 5 heteroatoms. The molecule has 0 bridgehead atoms. The lowest BCUT2D eigenvalue weighted by Gasteiger charge is -2.28. The van der Waals surface area contributed by atoms with Crippen molar-refractivity contribution in [3.05, 3.63) is 34.3 Å². The molecule has 3 rings (SSSR count). The van der Waals surface area contributed by atoms with Crippen molar-refractivity contribution >= 4 is 11.3 Å². The zero-order valence-electron chi connectivity index (χ0n) is 11.5. The van der Waals surface area contributed by atoms with E-state index < -0.39 is 0 Å². The molecule has 0 N–H and O–H groups in total. The molecule has 0 unspecified atom stereocenters. The number of fused-ring (bicyclic) bond motifs is 1. The van der Waals surface area contributed by atoms with Gasteiger partial charge in [0.15, 0.2) is 0 Å². The van der Waals surface area contributed by atoms with E-state index >= 15 is 0 Å². The highest BCUT2D eigenvalue weighted by Crippen LogP contribution is 2.21. The molecule has 0 saturated heterocycles. The molecule has 0 amide bonds. The minimum absolute atomic E-state index is 0.736. The normalized spacial score (nSPS) is 18.8. The van der Waals surface area contributed by atoms with Crippen LogP contribution in [0.25, 0.3) is 0 Å². The second-order valence-electron chi connectivity index (χ2n) is 5.46. The Balaban J connectivity index is 1.56. The van der Waals surface area contributed by atoms with Crippen molar-refractivity contribution in [1.29, 1.82) is 0 Å². The van der Waals surface area contributed by atoms with Crippen LogP contribution in [0.2, 0.25) is 0 Å². The van der Waals surface area contributed by atoms with Gasteiger partial charge in [0.1, 0.15) is 5.82 Å². The fourth-order valence-corrected chi connectivity index (χ4v) is 3.67. The number of hydrogen-bond donors (Lipinski definition) is 0. The Labute approximate surface area is 118 Å². The zero-order chi connectivity index (χ0) is 13.2. The van der Waals surface area contributed by atoms with Gasteiger partial charge in [-0.05, 0) is 26.3 Å². The van der Waals surface area contributed by atoms with Crippen LogP contribution in [0.5, 0.6) is 0 Å². The summed E-state index contributed by atoms with van der Waals surface area (Å²) >= 11 is 1.76. The number of nitrogens with zero attached hydrogens (tertiary/aromatic N) is 4. The fraction of sp³-hybridized carbons (Fsp3) is 0.571. The monoisotopic (exact) mass is 276 g/mol. The minimum Gasteiger partial charge on any atom is -0.335 e. The van der Waals surface area contributed by atoms with E-state index in [0.717, 1.165) is 32.0 Å². The molecule has 0 spiro atoms. The number of rotatable bonds is 4. The standard InChI is InChI=1S/C14H20N4S/c1-11-13(19-10-16-11)9-17(2)7-12-3-4-14-15-5-6-18(14)8-12/h5-6,10,12H,3-4,7-9H2,1-2H3/t12-/m1/s1. The first-order valence-electron chi connectivity index (χ1n) is 6.80. The van der Waals surface area contributed by atoms with Gasteiger partial charge in [0.2, 0.25) is 0 Å². The van der Waals surface area contributed by atoms with Gasteiger partial charge >= 0.3 is 0 Å². The lowest BCUT2D eigenvalue weighted by molar-refractivity contribution is 0.230. The summed E-state index contributed by atoms with van der Waals surface area (Å²) in [5.41, 5.74) is 3.12. The smallest absolute Gasteiger partial charge is 0.108 e. The van der Waals surface area contributed by atoms with Crippen LogP contribution in [0, 0.1) is 12.8 Å². The Hall–Kier alpha value is -1.20. The molecule has 0 aromatic carbocycles. The van der Waals surface area contributed by atoms with E-state index in [-0.39, 0.29) is 0 Å². The van der Waals surface area contributed by atoms with Crippen LogP contribution in [-0.2, 0) is 19.5 Å². The summed E-state index contributed by atoms with van der Waals surface area (Å²) in [4.78, 5) is 12.5. The molecule has 4 nitrogen and oxygen atoms in total. The molecule has 102 valence electrons. The summed E-state index contributed by atoms with van der Waals surface area (Å²) in [6.07, 6.45) is 6.39. The SMILES string of the molecule is Cc1ncsc1CN(C)C[C@H]1CCc2nccn2C1. The highest BCUT2D eigenvalue weighted by Gasteiger charge is 2.20. The Morgan fingerprint density at radius 3 is 3.16 bits per heavy atom. The van der Waals surface area contributed by atoms with Crippen LogP contribution in [-0.4, -0.2) is 33.0 Å². The molecule has 0 aliphatic carbocycles. The first kappa shape index (κ1) is 12.8. The number of aromatic nitrogens is 3. The van der Waals surface area contributed by atoms with Crippen LogP contribution in [0.4, 0.5) is 0 Å². The summed E-state index contributed by atoms with van der Waals surface area (Å²) in [5.74, 6) is 1.98. The molecule has 2 aromatic heterocycles. The Morgan fingerprint density at radius 1 is 1.47 bits per heavy atom. The van der Waals surface area contributed by atoms with Crippen LogP contribution in [0.1, 0.15) is 22.8 Å². The van der Waals surface area contributed by atoms with Crippen molar-refractivity contribution in [2.75, 3.05) is 13.6 Å². The third-order valence-corrected chi connectivity index (χ3v) is 4.78. The molecule has 0 saturated carbocycles. The first-order valence-corrected chi connectivity index (χ1v) is 7.68. The Kier molecular flexibility index (Phi) is 3.66. The summed E-state index contributed by atoms with van der Waals surface area (Å²) in [6.45, 7) is 5.37. The van der Waals surface area contributed by atoms with E-state index in [1.165, 1.54) is 22.8 Å². The predicted octanol–water partition coefficient (Wildman–Crippen LogP) is 2.34. The van der Waals surface area contributed by atoms with Gasteiger partial charge in [-0.15, -0.1) is 11.3 Å². The lowest BCUT2D eigenvalue weighted by atomic mass is 9.99. The molecule has 1 atom stereocenters. The van der Waals surface area contributed by atoms with E-state index in [1.807, 2.05) is 11.7 Å². The van der Waals surface area contributed by atoms with Gasteiger partial charge in [0.25, 0.3) is 0 Å². The van der Waals surface area contributed by atoms with Gasteiger partial charge in [-0.3, -0.25) is 0 Å². The highest BCUT2D eigenvalue weighted by molar-refractivity contribution is 7.09. The maximum absolute atomic E-state index is 4.39. The largest absolute Gasteiger partial charge is 0.335 e. The van der Waals surface area contributed by atoms with Gasteiger partial charge in [-0.25, -0.2) is 9.97 Å². The topological polar surface area (TPSA) is 34.0 Å². The summed E-state index contributed by atoms with van der Waals surface area (Å²) < 4.78 is 2.31. The molecule has 19 heavy (non-hydrogen) atoms. The van der Waals surface area contributed by atoms with Crippen LogP contribution in [0.3, 0.4) is 0 Å². The molecule has 3 heterocycles. The van der Waals surface area contributed by atoms with Gasteiger partial charge in [0.05, 0.1) is 11.2 Å². The number of hydrogen-bond acceptors (Lipinski definition) is 4. The molecular weight excluding hydrogens is 256 g/mol. The quantitative estimate of drug-likeness (QED) is 0.859. The van der Waals surface area contributed by atoms with E-state index in [9.17, 15) is 0 Å². The van der Waals surface area contributed by atoms with Crippen molar-refractivity contribution < 1.29 is 0 Å². The minimum atomic E-state index is 0.736. The zero-order valence-corrected chi connectivity index (χ0v) is 12.4. The maximum Gasteiger partial charge on any atom is 0.108 e. The molecule has 2 aromatic rings. The van der Waals surface area contributed by atoms with Crippen molar-refractivity contribution in [3.63, 3.8) is 0 Å². The fourth-order valence-electron chi connectivity index (χ4n) is 2.81. The summed E-state index contributed by atoms with van der Waals surface area (Å²) in [5, 5.41) is 0. The first-order chi connectivity index (χ1) is 9.22. The van der Waals surface area contributed by atoms with E-state index in [0.29, 0.717) is 0 Å². The van der Waals surface area contributed by atoms with Crippen LogP contribution in [0.15, 0.2) is 17.9 Å². The average Bonchev–Trinajstić information content (AvgIpc) is 2.98. The summed E-state index contributed by atoms with van der Waals surface area (Å²) in [7, 11) is 2.21.